The highest BCUT2D eigenvalue weighted by Crippen LogP contribution is 2.25. The molecule has 0 amide bonds. The zero-order chi connectivity index (χ0) is 16.4. The van der Waals surface area contributed by atoms with Crippen LogP contribution in [-0.2, 0) is 4.74 Å². The molecule has 0 radical (unpaired) electrons. The van der Waals surface area contributed by atoms with Crippen LogP contribution < -0.4 is 10.1 Å². The largest absolute Gasteiger partial charge is 0.495 e. The second kappa shape index (κ2) is 6.74. The average molecular weight is 345 g/mol. The van der Waals surface area contributed by atoms with Crippen LogP contribution in [-0.4, -0.2) is 45.6 Å². The van der Waals surface area contributed by atoms with Crippen LogP contribution in [0.4, 0.5) is 5.13 Å². The number of fused-ring (bicyclic) bond motifs is 1. The minimum Gasteiger partial charge on any atom is -0.495 e. The van der Waals surface area contributed by atoms with Crippen molar-refractivity contribution < 1.29 is 9.47 Å². The van der Waals surface area contributed by atoms with Gasteiger partial charge in [0, 0.05) is 31.5 Å². The molecule has 1 aliphatic rings. The molecule has 1 aliphatic heterocycles. The van der Waals surface area contributed by atoms with E-state index in [2.05, 4.69) is 20.3 Å². The summed E-state index contributed by atoms with van der Waals surface area (Å²) < 4.78 is 12.6. The first-order valence-corrected chi connectivity index (χ1v) is 8.76. The topological polar surface area (TPSA) is 73.6 Å². The molecule has 0 atom stereocenters. The van der Waals surface area contributed by atoms with E-state index in [4.69, 9.17) is 9.47 Å². The molecule has 0 aromatic carbocycles. The van der Waals surface area contributed by atoms with Gasteiger partial charge in [0.1, 0.15) is 5.75 Å². The number of anilines is 1. The maximum Gasteiger partial charge on any atom is 0.246 e. The third kappa shape index (κ3) is 3.20. The number of hydrogen-bond acceptors (Lipinski definition) is 7. The maximum atomic E-state index is 5.39. The number of nitrogens with one attached hydrogen (secondary N) is 1. The normalized spacial score (nSPS) is 15.7. The molecule has 0 spiro atoms. The Kier molecular flexibility index (Phi) is 4.31. The first-order chi connectivity index (χ1) is 11.8. The van der Waals surface area contributed by atoms with Crippen LogP contribution in [0.25, 0.3) is 17.0 Å². The molecule has 0 bridgehead atoms. The predicted octanol–water partition coefficient (Wildman–Crippen LogP) is 2.70. The van der Waals surface area contributed by atoms with E-state index >= 15 is 0 Å². The minimum absolute atomic E-state index is 0.661. The monoisotopic (exact) mass is 345 g/mol. The lowest BCUT2D eigenvalue weighted by molar-refractivity contribution is 0.0699. The van der Waals surface area contributed by atoms with Gasteiger partial charge in [-0.15, -0.1) is 0 Å². The van der Waals surface area contributed by atoms with Crippen LogP contribution in [0.2, 0.25) is 0 Å². The van der Waals surface area contributed by atoms with Crippen molar-refractivity contribution in [2.24, 2.45) is 5.92 Å². The Labute approximate surface area is 143 Å². The summed E-state index contributed by atoms with van der Waals surface area (Å²) in [5.74, 6) is 2.08. The van der Waals surface area contributed by atoms with Crippen LogP contribution in [0.5, 0.6) is 5.75 Å². The van der Waals surface area contributed by atoms with Gasteiger partial charge in [0.25, 0.3) is 0 Å². The Morgan fingerprint density at radius 2 is 2.21 bits per heavy atom. The van der Waals surface area contributed by atoms with Crippen LogP contribution in [0.3, 0.4) is 0 Å². The second-order valence-corrected chi connectivity index (χ2v) is 6.77. The molecular weight excluding hydrogens is 326 g/mol. The molecule has 0 unspecified atom stereocenters. The first-order valence-electron chi connectivity index (χ1n) is 7.99. The van der Waals surface area contributed by atoms with E-state index in [0.29, 0.717) is 11.7 Å². The van der Waals surface area contributed by atoms with Crippen LogP contribution in [0.1, 0.15) is 12.8 Å². The van der Waals surface area contributed by atoms with Gasteiger partial charge in [0.2, 0.25) is 10.9 Å². The van der Waals surface area contributed by atoms with Crippen LogP contribution >= 0.6 is 11.5 Å². The molecule has 3 aromatic heterocycles. The zero-order valence-electron chi connectivity index (χ0n) is 13.4. The van der Waals surface area contributed by atoms with Crippen molar-refractivity contribution in [3.8, 4) is 17.0 Å². The van der Waals surface area contributed by atoms with Gasteiger partial charge in [-0.05, 0) is 36.4 Å². The Morgan fingerprint density at radius 1 is 1.33 bits per heavy atom. The van der Waals surface area contributed by atoms with E-state index < -0.39 is 0 Å². The molecule has 1 N–H and O–H groups in total. The van der Waals surface area contributed by atoms with Gasteiger partial charge in [-0.3, -0.25) is 4.98 Å². The Morgan fingerprint density at radius 3 is 3.00 bits per heavy atom. The van der Waals surface area contributed by atoms with Crippen LogP contribution in [0, 0.1) is 5.92 Å². The summed E-state index contributed by atoms with van der Waals surface area (Å²) >= 11 is 1.56. The molecule has 8 heteroatoms. The van der Waals surface area contributed by atoms with Crippen LogP contribution in [0.15, 0.2) is 24.7 Å². The van der Waals surface area contributed by atoms with Gasteiger partial charge >= 0.3 is 0 Å². The van der Waals surface area contributed by atoms with Crippen molar-refractivity contribution in [1.82, 2.24) is 18.7 Å². The average Bonchev–Trinajstić information content (AvgIpc) is 3.19. The molecule has 0 aliphatic carbocycles. The highest BCUT2D eigenvalue weighted by molar-refractivity contribution is 7.10. The highest BCUT2D eigenvalue weighted by atomic mass is 32.1. The fourth-order valence-electron chi connectivity index (χ4n) is 2.76. The number of pyridine rings is 1. The van der Waals surface area contributed by atoms with Crippen molar-refractivity contribution >= 4 is 22.4 Å². The molecular formula is C16H19N5O2S. The van der Waals surface area contributed by atoms with E-state index in [1.54, 1.807) is 31.0 Å². The lowest BCUT2D eigenvalue weighted by Crippen LogP contribution is -2.22. The number of aromatic nitrogens is 4. The number of ether oxygens (including phenoxy) is 2. The minimum atomic E-state index is 0.661. The summed E-state index contributed by atoms with van der Waals surface area (Å²) in [6.07, 6.45) is 7.66. The van der Waals surface area contributed by atoms with Gasteiger partial charge in [-0.1, -0.05) is 0 Å². The van der Waals surface area contributed by atoms with Gasteiger partial charge in [0.05, 0.1) is 25.2 Å². The van der Waals surface area contributed by atoms with Gasteiger partial charge in [-0.25, -0.2) is 8.77 Å². The highest BCUT2D eigenvalue weighted by Gasteiger charge is 2.15. The number of rotatable bonds is 5. The fourth-order valence-corrected chi connectivity index (χ4v) is 3.54. The summed E-state index contributed by atoms with van der Waals surface area (Å²) in [5.41, 5.74) is 1.76. The lowest BCUT2D eigenvalue weighted by Gasteiger charge is -2.21. The predicted molar refractivity (Wildman–Crippen MR) is 92.7 cm³/mol. The maximum absolute atomic E-state index is 5.39. The molecule has 126 valence electrons. The number of methoxy groups -OCH3 is 1. The summed E-state index contributed by atoms with van der Waals surface area (Å²) in [6, 6.07) is 1.92. The van der Waals surface area contributed by atoms with E-state index in [1.807, 2.05) is 16.1 Å². The molecule has 3 aromatic rings. The number of hydrogen-bond donors (Lipinski definition) is 1. The fraction of sp³-hybridized carbons (Fsp3) is 0.438. The Bertz CT molecular complexity index is 793. The SMILES string of the molecule is COc1cncc(-c2cn3sc(NCC4CCOCC4)nc3n2)c1. The van der Waals surface area contributed by atoms with Crippen molar-refractivity contribution in [2.75, 3.05) is 32.2 Å². The third-order valence-electron chi connectivity index (χ3n) is 4.17. The lowest BCUT2D eigenvalue weighted by atomic mass is 10.0. The van der Waals surface area contributed by atoms with Crippen molar-refractivity contribution in [2.45, 2.75) is 12.8 Å². The molecule has 1 fully saturated rings. The number of nitrogens with zero attached hydrogens (tertiary/aromatic N) is 4. The zero-order valence-corrected chi connectivity index (χ0v) is 14.3. The van der Waals surface area contributed by atoms with Gasteiger partial charge < -0.3 is 14.8 Å². The van der Waals surface area contributed by atoms with Gasteiger partial charge in [0.15, 0.2) is 0 Å². The molecule has 7 nitrogen and oxygen atoms in total. The summed E-state index contributed by atoms with van der Waals surface area (Å²) in [6.45, 7) is 2.67. The summed E-state index contributed by atoms with van der Waals surface area (Å²) in [4.78, 5) is 13.3. The van der Waals surface area contributed by atoms with Crippen molar-refractivity contribution in [3.63, 3.8) is 0 Å². The van der Waals surface area contributed by atoms with E-state index in [0.717, 1.165) is 54.7 Å². The van der Waals surface area contributed by atoms with E-state index in [9.17, 15) is 0 Å². The van der Waals surface area contributed by atoms with Crippen molar-refractivity contribution in [1.29, 1.82) is 0 Å². The first kappa shape index (κ1) is 15.3. The molecule has 4 rings (SSSR count). The van der Waals surface area contributed by atoms with Gasteiger partial charge in [-0.2, -0.15) is 4.98 Å². The Hall–Kier alpha value is -2.19. The molecule has 24 heavy (non-hydrogen) atoms. The third-order valence-corrected chi connectivity index (χ3v) is 5.04. The smallest absolute Gasteiger partial charge is 0.246 e. The Balaban J connectivity index is 1.47. The second-order valence-electron chi connectivity index (χ2n) is 5.81. The van der Waals surface area contributed by atoms with E-state index in [1.165, 1.54) is 0 Å². The summed E-state index contributed by atoms with van der Waals surface area (Å²) in [5, 5.41) is 4.33. The van der Waals surface area contributed by atoms with E-state index in [-0.39, 0.29) is 0 Å². The standard InChI is InChI=1S/C16H19N5O2S/c1-22-13-6-12(8-17-9-13)14-10-21-15(19-14)20-16(24-21)18-7-11-2-4-23-5-3-11/h6,8-11H,2-5,7H2,1H3,(H,18,19,20). The molecule has 0 saturated carbocycles. The number of imidazole rings is 1. The molecule has 1 saturated heterocycles. The van der Waals surface area contributed by atoms with Crippen molar-refractivity contribution in [3.05, 3.63) is 24.7 Å². The molecule has 4 heterocycles. The summed E-state index contributed by atoms with van der Waals surface area (Å²) in [7, 11) is 1.63. The quantitative estimate of drug-likeness (QED) is 0.766.